The molecule has 3 heterocycles. The monoisotopic (exact) mass is 432 g/mol. The van der Waals surface area contributed by atoms with Crippen LogP contribution in [0, 0.1) is 0 Å². The van der Waals surface area contributed by atoms with Crippen molar-refractivity contribution in [2.45, 2.75) is 38.0 Å². The topological polar surface area (TPSA) is 66.3 Å². The molecule has 0 spiro atoms. The van der Waals surface area contributed by atoms with Crippen LogP contribution in [0.15, 0.2) is 6.20 Å². The van der Waals surface area contributed by atoms with Crippen LogP contribution in [0.1, 0.15) is 36.3 Å². The van der Waals surface area contributed by atoms with Crippen molar-refractivity contribution in [3.05, 3.63) is 11.9 Å². The Hall–Kier alpha value is -1.10. The summed E-state index contributed by atoms with van der Waals surface area (Å²) in [4.78, 5) is 15.4. The zero-order valence-electron chi connectivity index (χ0n) is 15.0. The maximum atomic E-state index is 12.8. The number of nitrogens with zero attached hydrogens (tertiary/aromatic N) is 5. The highest BCUT2D eigenvalue weighted by Gasteiger charge is 2.41. The zero-order valence-corrected chi connectivity index (χ0v) is 16.6. The Morgan fingerprint density at radius 2 is 1.78 bits per heavy atom. The van der Waals surface area contributed by atoms with Gasteiger partial charge in [-0.1, -0.05) is 5.21 Å². The maximum Gasteiger partial charge on any atom is 0.403 e. The summed E-state index contributed by atoms with van der Waals surface area (Å²) in [5.74, 6) is -0.264. The number of aromatic nitrogens is 3. The number of carbonyl (C=O) groups excluding carboxylic acids is 1. The molecule has 0 aliphatic carbocycles. The summed E-state index contributed by atoms with van der Waals surface area (Å²) in [6.07, 6.45) is -0.719. The first-order chi connectivity index (χ1) is 11.9. The molecular weight excluding hydrogens is 408 g/mol. The van der Waals surface area contributed by atoms with Gasteiger partial charge in [-0.25, -0.2) is 4.68 Å². The van der Waals surface area contributed by atoms with Crippen LogP contribution in [0.25, 0.3) is 0 Å². The van der Waals surface area contributed by atoms with E-state index < -0.39 is 12.2 Å². The van der Waals surface area contributed by atoms with E-state index in [4.69, 9.17) is 0 Å². The van der Waals surface area contributed by atoms with Gasteiger partial charge < -0.3 is 10.2 Å². The number of rotatable bonds is 3. The Bertz CT molecular complexity index is 601. The Morgan fingerprint density at radius 1 is 1.19 bits per heavy atom. The van der Waals surface area contributed by atoms with Crippen molar-refractivity contribution in [2.75, 3.05) is 39.3 Å². The van der Waals surface area contributed by atoms with Gasteiger partial charge in [0.1, 0.15) is 6.04 Å². The van der Waals surface area contributed by atoms with Gasteiger partial charge in [0.25, 0.3) is 5.91 Å². The molecule has 0 aromatic carbocycles. The molecule has 0 bridgehead atoms. The molecule has 1 N–H and O–H groups in total. The lowest BCUT2D eigenvalue weighted by molar-refractivity contribution is -0.181. The van der Waals surface area contributed by atoms with Crippen molar-refractivity contribution in [1.29, 1.82) is 0 Å². The van der Waals surface area contributed by atoms with Crippen LogP contribution in [0.5, 0.6) is 0 Å². The fraction of sp³-hybridized carbons (Fsp3) is 0.800. The summed E-state index contributed by atoms with van der Waals surface area (Å²) in [7, 11) is 0. The summed E-state index contributed by atoms with van der Waals surface area (Å²) in [5.41, 5.74) is 0.260. The van der Waals surface area contributed by atoms with Crippen LogP contribution in [-0.4, -0.2) is 82.2 Å². The van der Waals surface area contributed by atoms with Crippen LogP contribution in [0.2, 0.25) is 0 Å². The summed E-state index contributed by atoms with van der Waals surface area (Å²) >= 11 is 0. The molecule has 0 saturated carbocycles. The molecular formula is C15H25Cl2F3N6O. The van der Waals surface area contributed by atoms with Crippen LogP contribution in [-0.2, 0) is 0 Å². The number of piperidine rings is 1. The predicted molar refractivity (Wildman–Crippen MR) is 98.7 cm³/mol. The zero-order chi connectivity index (χ0) is 18.0. The first-order valence-corrected chi connectivity index (χ1v) is 8.59. The SMILES string of the molecule is CC(N1CCN(C(=O)c2cn(C3CCNCC3)nn2)CC1)C(F)(F)F.Cl.Cl. The fourth-order valence-electron chi connectivity index (χ4n) is 3.31. The second-order valence-corrected chi connectivity index (χ2v) is 6.61. The molecule has 27 heavy (non-hydrogen) atoms. The first kappa shape index (κ1) is 23.9. The first-order valence-electron chi connectivity index (χ1n) is 8.59. The minimum absolute atomic E-state index is 0. The van der Waals surface area contributed by atoms with Crippen molar-refractivity contribution in [2.24, 2.45) is 0 Å². The quantitative estimate of drug-likeness (QED) is 0.787. The minimum atomic E-state index is -4.25. The molecule has 2 saturated heterocycles. The van der Waals surface area contributed by atoms with Gasteiger partial charge in [-0.15, -0.1) is 29.9 Å². The van der Waals surface area contributed by atoms with Crippen LogP contribution in [0.4, 0.5) is 13.2 Å². The standard InChI is InChI=1S/C15H23F3N6O.2ClH/c1-11(15(16,17)18)22-6-8-23(9-7-22)14(25)13-10-24(21-20-13)12-2-4-19-5-3-12;;/h10-12,19H,2-9H2,1H3;2*1H. The summed E-state index contributed by atoms with van der Waals surface area (Å²) < 4.78 is 40.1. The lowest BCUT2D eigenvalue weighted by atomic mass is 10.1. The highest BCUT2D eigenvalue weighted by atomic mass is 35.5. The number of nitrogens with one attached hydrogen (secondary N) is 1. The normalized spacial score (nSPS) is 20.5. The van der Waals surface area contributed by atoms with E-state index in [0.717, 1.165) is 32.9 Å². The molecule has 1 aromatic heterocycles. The summed E-state index contributed by atoms with van der Waals surface area (Å²) in [5, 5.41) is 11.3. The fourth-order valence-corrected chi connectivity index (χ4v) is 3.31. The number of hydrogen-bond acceptors (Lipinski definition) is 5. The molecule has 7 nitrogen and oxygen atoms in total. The molecule has 2 fully saturated rings. The van der Waals surface area contributed by atoms with Crippen molar-refractivity contribution >= 4 is 30.7 Å². The minimum Gasteiger partial charge on any atom is -0.335 e. The number of piperazine rings is 1. The Morgan fingerprint density at radius 3 is 2.33 bits per heavy atom. The van der Waals surface area contributed by atoms with Crippen molar-refractivity contribution in [1.82, 2.24) is 30.1 Å². The van der Waals surface area contributed by atoms with E-state index >= 15 is 0 Å². The van der Waals surface area contributed by atoms with E-state index in [9.17, 15) is 18.0 Å². The van der Waals surface area contributed by atoms with Gasteiger partial charge in [0.15, 0.2) is 5.69 Å². The largest absolute Gasteiger partial charge is 0.403 e. The lowest BCUT2D eigenvalue weighted by Gasteiger charge is -2.38. The van der Waals surface area contributed by atoms with E-state index in [1.54, 1.807) is 15.8 Å². The lowest BCUT2D eigenvalue weighted by Crippen LogP contribution is -2.54. The van der Waals surface area contributed by atoms with Gasteiger partial charge in [0.05, 0.1) is 12.2 Å². The molecule has 1 aromatic rings. The Labute approximate surface area is 168 Å². The molecule has 156 valence electrons. The average Bonchev–Trinajstić information content (AvgIpc) is 3.11. The molecule has 2 aliphatic rings. The van der Waals surface area contributed by atoms with E-state index in [1.165, 1.54) is 4.90 Å². The predicted octanol–water partition coefficient (Wildman–Crippen LogP) is 1.75. The molecule has 1 amide bonds. The van der Waals surface area contributed by atoms with Gasteiger partial charge >= 0.3 is 6.18 Å². The smallest absolute Gasteiger partial charge is 0.335 e. The van der Waals surface area contributed by atoms with Crippen LogP contribution in [0.3, 0.4) is 0 Å². The highest BCUT2D eigenvalue weighted by molar-refractivity contribution is 5.92. The van der Waals surface area contributed by atoms with E-state index in [1.807, 2.05) is 0 Å². The second kappa shape index (κ2) is 9.90. The number of alkyl halides is 3. The average molecular weight is 433 g/mol. The number of hydrogen-bond donors (Lipinski definition) is 1. The Balaban J connectivity index is 0.00000182. The number of amides is 1. The Kier molecular flexibility index (Phi) is 8.78. The summed E-state index contributed by atoms with van der Waals surface area (Å²) in [6, 6.07) is -1.26. The molecule has 3 rings (SSSR count). The molecule has 1 atom stereocenters. The van der Waals surface area contributed by atoms with Gasteiger partial charge in [-0.05, 0) is 32.9 Å². The van der Waals surface area contributed by atoms with Gasteiger partial charge in [-0.2, -0.15) is 13.2 Å². The third kappa shape index (κ3) is 5.69. The third-order valence-electron chi connectivity index (χ3n) is 5.04. The number of halogens is 5. The van der Waals surface area contributed by atoms with Gasteiger partial charge in [0.2, 0.25) is 0 Å². The van der Waals surface area contributed by atoms with Gasteiger partial charge in [-0.3, -0.25) is 9.69 Å². The molecule has 0 radical (unpaired) electrons. The second-order valence-electron chi connectivity index (χ2n) is 6.61. The van der Waals surface area contributed by atoms with E-state index in [0.29, 0.717) is 0 Å². The molecule has 2 aliphatic heterocycles. The molecule has 1 unspecified atom stereocenters. The van der Waals surface area contributed by atoms with Gasteiger partial charge in [0, 0.05) is 26.2 Å². The third-order valence-corrected chi connectivity index (χ3v) is 5.04. The number of carbonyl (C=O) groups is 1. The summed E-state index contributed by atoms with van der Waals surface area (Å²) in [6.45, 7) is 3.91. The maximum absolute atomic E-state index is 12.8. The van der Waals surface area contributed by atoms with Crippen molar-refractivity contribution in [3.8, 4) is 0 Å². The van der Waals surface area contributed by atoms with E-state index in [-0.39, 0.29) is 68.6 Å². The molecule has 12 heteroatoms. The van der Waals surface area contributed by atoms with Crippen molar-refractivity contribution < 1.29 is 18.0 Å². The van der Waals surface area contributed by atoms with Crippen LogP contribution >= 0.6 is 24.8 Å². The van der Waals surface area contributed by atoms with Crippen molar-refractivity contribution in [3.63, 3.8) is 0 Å². The van der Waals surface area contributed by atoms with E-state index in [2.05, 4.69) is 15.6 Å². The van der Waals surface area contributed by atoms with Crippen LogP contribution < -0.4 is 5.32 Å². The highest BCUT2D eigenvalue weighted by Crippen LogP contribution is 2.25.